The largest absolute Gasteiger partial charge is 0.390 e. The molecule has 1 aromatic heterocycles. The molecule has 2 unspecified atom stereocenters. The third kappa shape index (κ3) is 2.48. The summed E-state index contributed by atoms with van der Waals surface area (Å²) < 4.78 is 27.0. The van der Waals surface area contributed by atoms with Crippen LogP contribution in [-0.4, -0.2) is 66.2 Å². The Balaban J connectivity index is 2.35. The predicted molar refractivity (Wildman–Crippen MR) is 74.6 cm³/mol. The maximum atomic E-state index is 12.7. The van der Waals surface area contributed by atoms with Crippen molar-refractivity contribution in [2.45, 2.75) is 31.4 Å². The lowest BCUT2D eigenvalue weighted by atomic mass is 10.1. The van der Waals surface area contributed by atoms with Crippen molar-refractivity contribution >= 4 is 10.0 Å². The second kappa shape index (κ2) is 5.44. The summed E-state index contributed by atoms with van der Waals surface area (Å²) in [7, 11) is 0.301. The molecule has 7 nitrogen and oxygen atoms in total. The Morgan fingerprint density at radius 2 is 2.10 bits per heavy atom. The SMILES string of the molecule is Cc1[nH]nc(CO)c1S(=O)(=O)N1CC(C)C(N(C)C)C1. The Labute approximate surface area is 119 Å². The summed E-state index contributed by atoms with van der Waals surface area (Å²) in [6.45, 7) is 4.27. The first-order chi connectivity index (χ1) is 9.28. The van der Waals surface area contributed by atoms with Gasteiger partial charge in [-0.05, 0) is 26.9 Å². The number of nitrogens with one attached hydrogen (secondary N) is 1. The van der Waals surface area contributed by atoms with E-state index in [1.165, 1.54) is 4.31 Å². The van der Waals surface area contributed by atoms with E-state index in [0.717, 1.165) is 0 Å². The molecule has 20 heavy (non-hydrogen) atoms. The molecule has 1 aromatic rings. The number of aromatic amines is 1. The highest BCUT2D eigenvalue weighted by Crippen LogP contribution is 2.29. The van der Waals surface area contributed by atoms with Crippen molar-refractivity contribution in [1.29, 1.82) is 0 Å². The van der Waals surface area contributed by atoms with Gasteiger partial charge in [-0.3, -0.25) is 5.10 Å². The molecule has 1 aliphatic heterocycles. The Hall–Kier alpha value is -0.960. The van der Waals surface area contributed by atoms with Gasteiger partial charge in [0.25, 0.3) is 0 Å². The van der Waals surface area contributed by atoms with E-state index < -0.39 is 10.0 Å². The number of aryl methyl sites for hydroxylation is 1. The Kier molecular flexibility index (Phi) is 4.19. The number of likely N-dealkylation sites (N-methyl/N-ethyl adjacent to an activating group) is 1. The molecule has 0 radical (unpaired) electrons. The topological polar surface area (TPSA) is 89.5 Å². The summed E-state index contributed by atoms with van der Waals surface area (Å²) in [6.07, 6.45) is 0. The van der Waals surface area contributed by atoms with Crippen molar-refractivity contribution in [2.24, 2.45) is 5.92 Å². The molecule has 0 saturated carbocycles. The first kappa shape index (κ1) is 15.4. The summed E-state index contributed by atoms with van der Waals surface area (Å²) >= 11 is 0. The minimum Gasteiger partial charge on any atom is -0.390 e. The second-order valence-electron chi connectivity index (χ2n) is 5.61. The van der Waals surface area contributed by atoms with E-state index in [1.54, 1.807) is 6.92 Å². The zero-order valence-electron chi connectivity index (χ0n) is 12.3. The van der Waals surface area contributed by atoms with Crippen molar-refractivity contribution in [3.8, 4) is 0 Å². The van der Waals surface area contributed by atoms with E-state index in [2.05, 4.69) is 22.0 Å². The lowest BCUT2D eigenvalue weighted by Gasteiger charge is -2.22. The Morgan fingerprint density at radius 3 is 2.60 bits per heavy atom. The molecular formula is C12H22N4O3S. The average Bonchev–Trinajstić information content (AvgIpc) is 2.92. The number of aliphatic hydroxyl groups excluding tert-OH is 1. The third-order valence-electron chi connectivity index (χ3n) is 3.91. The van der Waals surface area contributed by atoms with Crippen LogP contribution in [0.3, 0.4) is 0 Å². The van der Waals surface area contributed by atoms with E-state index in [-0.39, 0.29) is 29.2 Å². The fourth-order valence-electron chi connectivity index (χ4n) is 2.82. The number of rotatable bonds is 4. The van der Waals surface area contributed by atoms with Gasteiger partial charge in [-0.25, -0.2) is 8.42 Å². The van der Waals surface area contributed by atoms with Gasteiger partial charge < -0.3 is 10.0 Å². The minimum atomic E-state index is -3.62. The van der Waals surface area contributed by atoms with Crippen LogP contribution in [0.2, 0.25) is 0 Å². The highest BCUT2D eigenvalue weighted by molar-refractivity contribution is 7.89. The fraction of sp³-hybridized carbons (Fsp3) is 0.750. The van der Waals surface area contributed by atoms with E-state index in [4.69, 9.17) is 0 Å². The summed E-state index contributed by atoms with van der Waals surface area (Å²) in [6, 6.07) is 0.203. The molecule has 2 N–H and O–H groups in total. The van der Waals surface area contributed by atoms with E-state index >= 15 is 0 Å². The van der Waals surface area contributed by atoms with Crippen molar-refractivity contribution in [3.05, 3.63) is 11.4 Å². The van der Waals surface area contributed by atoms with Crippen LogP contribution in [0.5, 0.6) is 0 Å². The Bertz CT molecular complexity index is 582. The normalized spacial score (nSPS) is 24.7. The molecule has 2 rings (SSSR count). The molecule has 0 amide bonds. The third-order valence-corrected chi connectivity index (χ3v) is 5.95. The summed E-state index contributed by atoms with van der Waals surface area (Å²) in [4.78, 5) is 2.17. The van der Waals surface area contributed by atoms with Gasteiger partial charge in [0.2, 0.25) is 10.0 Å². The minimum absolute atomic E-state index is 0.117. The summed E-state index contributed by atoms with van der Waals surface area (Å²) in [5.74, 6) is 0.268. The standard InChI is InChI=1S/C12H22N4O3S/c1-8-5-16(6-11(8)15(3)4)20(18,19)12-9(2)13-14-10(12)7-17/h8,11,17H,5-7H2,1-4H3,(H,13,14). The summed E-state index contributed by atoms with van der Waals surface area (Å²) in [5, 5.41) is 15.7. The van der Waals surface area contributed by atoms with E-state index in [0.29, 0.717) is 18.8 Å². The van der Waals surface area contributed by atoms with Crippen molar-refractivity contribution < 1.29 is 13.5 Å². The van der Waals surface area contributed by atoms with Crippen molar-refractivity contribution in [3.63, 3.8) is 0 Å². The van der Waals surface area contributed by atoms with Gasteiger partial charge in [-0.2, -0.15) is 9.40 Å². The van der Waals surface area contributed by atoms with Crippen LogP contribution < -0.4 is 0 Å². The van der Waals surface area contributed by atoms with Crippen LogP contribution in [0.1, 0.15) is 18.3 Å². The second-order valence-corrected chi connectivity index (χ2v) is 7.49. The van der Waals surface area contributed by atoms with Gasteiger partial charge in [-0.15, -0.1) is 0 Å². The first-order valence-corrected chi connectivity index (χ1v) is 8.04. The quantitative estimate of drug-likeness (QED) is 0.803. The van der Waals surface area contributed by atoms with Gasteiger partial charge in [0, 0.05) is 19.1 Å². The van der Waals surface area contributed by atoms with Gasteiger partial charge >= 0.3 is 0 Å². The van der Waals surface area contributed by atoms with Crippen LogP contribution in [0.15, 0.2) is 4.90 Å². The Morgan fingerprint density at radius 1 is 1.45 bits per heavy atom. The maximum Gasteiger partial charge on any atom is 0.246 e. The summed E-state index contributed by atoms with van der Waals surface area (Å²) in [5.41, 5.74) is 0.651. The number of hydrogen-bond acceptors (Lipinski definition) is 5. The highest BCUT2D eigenvalue weighted by atomic mass is 32.2. The lowest BCUT2D eigenvalue weighted by molar-refractivity contribution is 0.262. The molecule has 0 aliphatic carbocycles. The fourth-order valence-corrected chi connectivity index (χ4v) is 4.70. The van der Waals surface area contributed by atoms with E-state index in [9.17, 15) is 13.5 Å². The van der Waals surface area contributed by atoms with Gasteiger partial charge in [0.1, 0.15) is 10.6 Å². The maximum absolute atomic E-state index is 12.7. The van der Waals surface area contributed by atoms with Crippen LogP contribution >= 0.6 is 0 Å². The number of sulfonamides is 1. The van der Waals surface area contributed by atoms with Crippen LogP contribution in [0.25, 0.3) is 0 Å². The molecule has 8 heteroatoms. The highest BCUT2D eigenvalue weighted by Gasteiger charge is 2.40. The molecule has 1 saturated heterocycles. The monoisotopic (exact) mass is 302 g/mol. The van der Waals surface area contributed by atoms with E-state index in [1.807, 2.05) is 14.1 Å². The van der Waals surface area contributed by atoms with Gasteiger partial charge in [-0.1, -0.05) is 6.92 Å². The van der Waals surface area contributed by atoms with Crippen LogP contribution in [0.4, 0.5) is 0 Å². The van der Waals surface area contributed by atoms with Gasteiger partial charge in [0.15, 0.2) is 0 Å². The number of H-pyrrole nitrogens is 1. The first-order valence-electron chi connectivity index (χ1n) is 6.60. The molecule has 0 bridgehead atoms. The zero-order chi connectivity index (χ0) is 15.1. The molecule has 2 atom stereocenters. The molecule has 2 heterocycles. The smallest absolute Gasteiger partial charge is 0.246 e. The van der Waals surface area contributed by atoms with Crippen LogP contribution in [-0.2, 0) is 16.6 Å². The molecular weight excluding hydrogens is 280 g/mol. The number of nitrogens with zero attached hydrogens (tertiary/aromatic N) is 3. The molecule has 0 spiro atoms. The molecule has 114 valence electrons. The van der Waals surface area contributed by atoms with Crippen molar-refractivity contribution in [1.82, 2.24) is 19.4 Å². The average molecular weight is 302 g/mol. The van der Waals surface area contributed by atoms with Crippen LogP contribution in [0, 0.1) is 12.8 Å². The molecule has 0 aromatic carbocycles. The molecule has 1 aliphatic rings. The predicted octanol–water partition coefficient (Wildman–Crippen LogP) is -0.219. The number of aliphatic hydroxyl groups is 1. The number of aromatic nitrogens is 2. The van der Waals surface area contributed by atoms with Crippen molar-refractivity contribution in [2.75, 3.05) is 27.2 Å². The van der Waals surface area contributed by atoms with Gasteiger partial charge in [0.05, 0.1) is 12.3 Å². The molecule has 1 fully saturated rings. The lowest BCUT2D eigenvalue weighted by Crippen LogP contribution is -2.36. The zero-order valence-corrected chi connectivity index (χ0v) is 13.1. The number of hydrogen-bond donors (Lipinski definition) is 2.